The standard InChI is InChI=1S/C17H16O3/c1-10(2)19-15-9-8-13-12-6-4-5-7-14(12)17(18)20-16(13)11(15)3/h4-10H,1-3H3. The Labute approximate surface area is 116 Å². The van der Waals surface area contributed by atoms with E-state index in [0.29, 0.717) is 11.0 Å². The Kier molecular flexibility index (Phi) is 2.97. The largest absolute Gasteiger partial charge is 0.491 e. The monoisotopic (exact) mass is 268 g/mol. The SMILES string of the molecule is Cc1c(OC(C)C)ccc2c1oc(=O)c1ccccc12. The van der Waals surface area contributed by atoms with E-state index in [1.165, 1.54) is 0 Å². The van der Waals surface area contributed by atoms with Crippen LogP contribution in [-0.4, -0.2) is 6.10 Å². The van der Waals surface area contributed by atoms with Crippen LogP contribution in [-0.2, 0) is 0 Å². The predicted molar refractivity (Wildman–Crippen MR) is 80.5 cm³/mol. The van der Waals surface area contributed by atoms with E-state index in [2.05, 4.69) is 0 Å². The van der Waals surface area contributed by atoms with Gasteiger partial charge in [-0.3, -0.25) is 0 Å². The van der Waals surface area contributed by atoms with Crippen molar-refractivity contribution in [2.24, 2.45) is 0 Å². The summed E-state index contributed by atoms with van der Waals surface area (Å²) >= 11 is 0. The van der Waals surface area contributed by atoms with E-state index < -0.39 is 0 Å². The first-order valence-corrected chi connectivity index (χ1v) is 6.69. The van der Waals surface area contributed by atoms with E-state index >= 15 is 0 Å². The molecule has 0 radical (unpaired) electrons. The Morgan fingerprint density at radius 1 is 1.00 bits per heavy atom. The van der Waals surface area contributed by atoms with E-state index in [-0.39, 0.29) is 11.7 Å². The van der Waals surface area contributed by atoms with Crippen molar-refractivity contribution >= 4 is 21.7 Å². The number of hydrogen-bond donors (Lipinski definition) is 0. The van der Waals surface area contributed by atoms with E-state index in [0.717, 1.165) is 22.1 Å². The summed E-state index contributed by atoms with van der Waals surface area (Å²) in [6.07, 6.45) is 0.0818. The Balaban J connectivity index is 2.39. The van der Waals surface area contributed by atoms with Crippen LogP contribution in [0.1, 0.15) is 19.4 Å². The average molecular weight is 268 g/mol. The van der Waals surface area contributed by atoms with E-state index in [9.17, 15) is 4.79 Å². The fourth-order valence-corrected chi connectivity index (χ4v) is 2.44. The van der Waals surface area contributed by atoms with Gasteiger partial charge in [-0.15, -0.1) is 0 Å². The van der Waals surface area contributed by atoms with Gasteiger partial charge in [-0.05, 0) is 44.4 Å². The molecule has 0 spiro atoms. The second-order valence-electron chi connectivity index (χ2n) is 5.17. The molecular weight excluding hydrogens is 252 g/mol. The molecular formula is C17H16O3. The minimum Gasteiger partial charge on any atom is -0.491 e. The summed E-state index contributed by atoms with van der Waals surface area (Å²) in [5, 5.41) is 2.46. The smallest absolute Gasteiger partial charge is 0.344 e. The summed E-state index contributed by atoms with van der Waals surface area (Å²) in [7, 11) is 0. The number of hydrogen-bond acceptors (Lipinski definition) is 3. The van der Waals surface area contributed by atoms with Gasteiger partial charge in [0.15, 0.2) is 0 Å². The Morgan fingerprint density at radius 2 is 1.70 bits per heavy atom. The molecule has 0 bridgehead atoms. The molecule has 0 N–H and O–H groups in total. The van der Waals surface area contributed by atoms with Crippen LogP contribution < -0.4 is 10.4 Å². The number of rotatable bonds is 2. The van der Waals surface area contributed by atoms with Gasteiger partial charge in [0, 0.05) is 10.9 Å². The first-order valence-electron chi connectivity index (χ1n) is 6.69. The van der Waals surface area contributed by atoms with Gasteiger partial charge in [-0.1, -0.05) is 18.2 Å². The summed E-state index contributed by atoms with van der Waals surface area (Å²) in [4.78, 5) is 12.1. The van der Waals surface area contributed by atoms with Gasteiger partial charge < -0.3 is 9.15 Å². The number of aryl methyl sites for hydroxylation is 1. The first-order chi connectivity index (χ1) is 9.58. The van der Waals surface area contributed by atoms with Gasteiger partial charge in [-0.2, -0.15) is 0 Å². The molecule has 0 fully saturated rings. The second kappa shape index (κ2) is 4.67. The fraction of sp³-hybridized carbons (Fsp3) is 0.235. The minimum absolute atomic E-state index is 0.0818. The zero-order valence-corrected chi connectivity index (χ0v) is 11.8. The average Bonchev–Trinajstić information content (AvgIpc) is 2.43. The molecule has 0 aliphatic heterocycles. The molecule has 3 heteroatoms. The summed E-state index contributed by atoms with van der Waals surface area (Å²) in [5.41, 5.74) is 1.16. The zero-order valence-electron chi connectivity index (χ0n) is 11.8. The van der Waals surface area contributed by atoms with Crippen LogP contribution in [0.4, 0.5) is 0 Å². The van der Waals surface area contributed by atoms with Gasteiger partial charge >= 0.3 is 5.63 Å². The number of fused-ring (bicyclic) bond motifs is 3. The maximum atomic E-state index is 12.1. The second-order valence-corrected chi connectivity index (χ2v) is 5.17. The van der Waals surface area contributed by atoms with Gasteiger partial charge in [0.25, 0.3) is 0 Å². The number of benzene rings is 2. The lowest BCUT2D eigenvalue weighted by molar-refractivity contribution is 0.241. The quantitative estimate of drug-likeness (QED) is 0.520. The van der Waals surface area contributed by atoms with Crippen molar-refractivity contribution in [3.63, 3.8) is 0 Å². The lowest BCUT2D eigenvalue weighted by Gasteiger charge is -2.13. The normalized spacial score (nSPS) is 11.4. The van der Waals surface area contributed by atoms with Crippen molar-refractivity contribution in [2.45, 2.75) is 26.9 Å². The Bertz CT molecular complexity index is 844. The molecule has 1 heterocycles. The summed E-state index contributed by atoms with van der Waals surface area (Å²) in [5.74, 6) is 0.755. The lowest BCUT2D eigenvalue weighted by atomic mass is 10.0. The summed E-state index contributed by atoms with van der Waals surface area (Å²) < 4.78 is 11.2. The molecule has 0 aliphatic rings. The lowest BCUT2D eigenvalue weighted by Crippen LogP contribution is -2.07. The highest BCUT2D eigenvalue weighted by Gasteiger charge is 2.12. The van der Waals surface area contributed by atoms with Crippen LogP contribution in [0.15, 0.2) is 45.6 Å². The molecule has 1 aromatic heterocycles. The Morgan fingerprint density at radius 3 is 2.40 bits per heavy atom. The number of ether oxygens (including phenoxy) is 1. The molecule has 0 atom stereocenters. The van der Waals surface area contributed by atoms with Crippen molar-refractivity contribution in [1.29, 1.82) is 0 Å². The van der Waals surface area contributed by atoms with Crippen molar-refractivity contribution in [3.05, 3.63) is 52.4 Å². The molecule has 0 saturated carbocycles. The fourth-order valence-electron chi connectivity index (χ4n) is 2.44. The molecule has 3 nitrogen and oxygen atoms in total. The van der Waals surface area contributed by atoms with Crippen LogP contribution in [0, 0.1) is 6.92 Å². The van der Waals surface area contributed by atoms with Crippen molar-refractivity contribution in [2.75, 3.05) is 0 Å². The van der Waals surface area contributed by atoms with Gasteiger partial charge in [0.2, 0.25) is 0 Å². The van der Waals surface area contributed by atoms with Crippen molar-refractivity contribution < 1.29 is 9.15 Å². The molecule has 0 amide bonds. The zero-order chi connectivity index (χ0) is 14.3. The highest BCUT2D eigenvalue weighted by Crippen LogP contribution is 2.31. The maximum absolute atomic E-state index is 12.1. The van der Waals surface area contributed by atoms with E-state index in [1.807, 2.05) is 51.1 Å². The molecule has 3 aromatic rings. The van der Waals surface area contributed by atoms with Crippen LogP contribution >= 0.6 is 0 Å². The predicted octanol–water partition coefficient (Wildman–Crippen LogP) is 4.04. The third kappa shape index (κ3) is 1.95. The molecule has 3 rings (SSSR count). The topological polar surface area (TPSA) is 39.4 Å². The van der Waals surface area contributed by atoms with Crippen LogP contribution in [0.5, 0.6) is 5.75 Å². The molecule has 0 saturated heterocycles. The van der Waals surface area contributed by atoms with Crippen molar-refractivity contribution in [1.82, 2.24) is 0 Å². The van der Waals surface area contributed by atoms with Crippen molar-refractivity contribution in [3.8, 4) is 5.75 Å². The molecule has 0 unspecified atom stereocenters. The first kappa shape index (κ1) is 12.7. The van der Waals surface area contributed by atoms with E-state index in [1.54, 1.807) is 6.07 Å². The highest BCUT2D eigenvalue weighted by molar-refractivity contribution is 6.05. The maximum Gasteiger partial charge on any atom is 0.344 e. The summed E-state index contributed by atoms with van der Waals surface area (Å²) in [6.45, 7) is 5.86. The third-order valence-electron chi connectivity index (χ3n) is 3.35. The van der Waals surface area contributed by atoms with Crippen LogP contribution in [0.25, 0.3) is 21.7 Å². The van der Waals surface area contributed by atoms with E-state index in [4.69, 9.17) is 9.15 Å². The highest BCUT2D eigenvalue weighted by atomic mass is 16.5. The van der Waals surface area contributed by atoms with Gasteiger partial charge in [0.05, 0.1) is 11.5 Å². The summed E-state index contributed by atoms with van der Waals surface area (Å²) in [6, 6.07) is 11.4. The molecule has 0 aliphatic carbocycles. The van der Waals surface area contributed by atoms with Gasteiger partial charge in [0.1, 0.15) is 11.3 Å². The molecule has 102 valence electrons. The van der Waals surface area contributed by atoms with Crippen LogP contribution in [0.2, 0.25) is 0 Å². The van der Waals surface area contributed by atoms with Gasteiger partial charge in [-0.25, -0.2) is 4.79 Å². The third-order valence-corrected chi connectivity index (χ3v) is 3.35. The minimum atomic E-state index is -0.308. The molecule has 2 aromatic carbocycles. The molecule has 20 heavy (non-hydrogen) atoms. The van der Waals surface area contributed by atoms with Crippen LogP contribution in [0.3, 0.4) is 0 Å². The Hall–Kier alpha value is -2.29.